The van der Waals surface area contributed by atoms with Crippen molar-refractivity contribution in [3.63, 3.8) is 0 Å². The molecule has 0 atom stereocenters. The highest BCUT2D eigenvalue weighted by molar-refractivity contribution is 9.10. The maximum Gasteiger partial charge on any atom is 0.339 e. The first-order valence-electron chi connectivity index (χ1n) is 5.99. The average Bonchev–Trinajstić information content (AvgIpc) is 2.33. The van der Waals surface area contributed by atoms with Gasteiger partial charge >= 0.3 is 5.97 Å². The first kappa shape index (κ1) is 14.9. The number of aromatic nitrogens is 1. The number of rotatable bonds is 5. The van der Waals surface area contributed by atoms with Crippen molar-refractivity contribution in [2.75, 3.05) is 6.61 Å². The van der Waals surface area contributed by atoms with Crippen LogP contribution in [0.5, 0.6) is 0 Å². The van der Waals surface area contributed by atoms with E-state index in [4.69, 9.17) is 4.74 Å². The van der Waals surface area contributed by atoms with Gasteiger partial charge < -0.3 is 4.74 Å². The summed E-state index contributed by atoms with van der Waals surface area (Å²) < 4.78 is 6.02. The Morgan fingerprint density at radius 3 is 2.89 bits per heavy atom. The molecule has 18 heavy (non-hydrogen) atoms. The largest absolute Gasteiger partial charge is 0.462 e. The average molecular weight is 312 g/mol. The third-order valence-corrected chi connectivity index (χ3v) is 3.35. The fraction of sp³-hybridized carbons (Fsp3) is 0.429. The molecule has 1 heterocycles. The van der Waals surface area contributed by atoms with E-state index in [0.29, 0.717) is 12.2 Å². The van der Waals surface area contributed by atoms with Crippen LogP contribution >= 0.6 is 15.9 Å². The maximum atomic E-state index is 11.7. The number of allylic oxidation sites excluding steroid dienone is 1. The van der Waals surface area contributed by atoms with Crippen molar-refractivity contribution in [3.8, 4) is 0 Å². The van der Waals surface area contributed by atoms with Gasteiger partial charge in [0.05, 0.1) is 17.9 Å². The zero-order valence-electron chi connectivity index (χ0n) is 11.0. The van der Waals surface area contributed by atoms with Gasteiger partial charge in [-0.3, -0.25) is 4.98 Å². The summed E-state index contributed by atoms with van der Waals surface area (Å²) in [5.74, 6) is -0.326. The molecule has 0 bridgehead atoms. The van der Waals surface area contributed by atoms with Crippen molar-refractivity contribution in [2.24, 2.45) is 0 Å². The second kappa shape index (κ2) is 7.31. The molecule has 0 unspecified atom stereocenters. The molecule has 0 aliphatic carbocycles. The molecule has 4 heteroatoms. The van der Waals surface area contributed by atoms with Crippen LogP contribution in [0, 0.1) is 6.92 Å². The van der Waals surface area contributed by atoms with Gasteiger partial charge in [-0.25, -0.2) is 4.79 Å². The summed E-state index contributed by atoms with van der Waals surface area (Å²) in [6.45, 7) is 6.41. The standard InChI is InChI=1S/C14H18BrNO2/c1-4-5-10(2)6-7-18-14(17)12-8-13(15)11(3)16-9-12/h5,8-9H,4,6-7H2,1-3H3/b10-5+. The minimum atomic E-state index is -0.326. The second-order valence-corrected chi connectivity index (χ2v) is 4.99. The lowest BCUT2D eigenvalue weighted by Crippen LogP contribution is -2.07. The van der Waals surface area contributed by atoms with Gasteiger partial charge in [-0.15, -0.1) is 0 Å². The number of ether oxygens (including phenoxy) is 1. The van der Waals surface area contributed by atoms with Crippen molar-refractivity contribution in [1.82, 2.24) is 4.98 Å². The maximum absolute atomic E-state index is 11.7. The third-order valence-electron chi connectivity index (χ3n) is 2.54. The van der Waals surface area contributed by atoms with Crippen LogP contribution in [0.2, 0.25) is 0 Å². The molecular weight excluding hydrogens is 294 g/mol. The van der Waals surface area contributed by atoms with Crippen molar-refractivity contribution < 1.29 is 9.53 Å². The quantitative estimate of drug-likeness (QED) is 0.608. The van der Waals surface area contributed by atoms with E-state index in [1.165, 1.54) is 11.8 Å². The summed E-state index contributed by atoms with van der Waals surface area (Å²) in [7, 11) is 0. The van der Waals surface area contributed by atoms with E-state index in [1.807, 2.05) is 13.8 Å². The van der Waals surface area contributed by atoms with Crippen LogP contribution in [-0.2, 0) is 4.74 Å². The summed E-state index contributed by atoms with van der Waals surface area (Å²) in [6, 6.07) is 1.74. The molecule has 1 rings (SSSR count). The van der Waals surface area contributed by atoms with E-state index < -0.39 is 0 Å². The van der Waals surface area contributed by atoms with Crippen LogP contribution < -0.4 is 0 Å². The van der Waals surface area contributed by atoms with Crippen molar-refractivity contribution >= 4 is 21.9 Å². The topological polar surface area (TPSA) is 39.2 Å². The van der Waals surface area contributed by atoms with Crippen LogP contribution in [0.15, 0.2) is 28.4 Å². The number of carbonyl (C=O) groups excluding carboxylic acids is 1. The number of pyridine rings is 1. The Kier molecular flexibility index (Phi) is 6.05. The first-order chi connectivity index (χ1) is 8.54. The number of carbonyl (C=O) groups is 1. The molecule has 0 N–H and O–H groups in total. The molecule has 98 valence electrons. The van der Waals surface area contributed by atoms with E-state index in [1.54, 1.807) is 6.07 Å². The first-order valence-corrected chi connectivity index (χ1v) is 6.78. The Morgan fingerprint density at radius 2 is 2.28 bits per heavy atom. The summed E-state index contributed by atoms with van der Waals surface area (Å²) in [4.78, 5) is 15.9. The SMILES string of the molecule is CC/C=C(\C)CCOC(=O)c1cnc(C)c(Br)c1. The number of esters is 1. The van der Waals surface area contributed by atoms with Gasteiger partial charge in [-0.2, -0.15) is 0 Å². The molecule has 0 fully saturated rings. The Hall–Kier alpha value is -1.16. The smallest absolute Gasteiger partial charge is 0.339 e. The van der Waals surface area contributed by atoms with Gasteiger partial charge in [0.15, 0.2) is 0 Å². The van der Waals surface area contributed by atoms with E-state index in [9.17, 15) is 4.79 Å². The van der Waals surface area contributed by atoms with Gasteiger partial charge in [-0.05, 0) is 42.3 Å². The van der Waals surface area contributed by atoms with Crippen LogP contribution in [0.25, 0.3) is 0 Å². The van der Waals surface area contributed by atoms with Crippen LogP contribution in [0.4, 0.5) is 0 Å². The van der Waals surface area contributed by atoms with E-state index in [2.05, 4.69) is 33.9 Å². The monoisotopic (exact) mass is 311 g/mol. The lowest BCUT2D eigenvalue weighted by molar-refractivity contribution is 0.0508. The van der Waals surface area contributed by atoms with Gasteiger partial charge in [-0.1, -0.05) is 18.6 Å². The van der Waals surface area contributed by atoms with Crippen LogP contribution in [-0.4, -0.2) is 17.6 Å². The second-order valence-electron chi connectivity index (χ2n) is 4.14. The molecule has 0 saturated carbocycles. The third kappa shape index (κ3) is 4.61. The van der Waals surface area contributed by atoms with E-state index in [0.717, 1.165) is 23.0 Å². The summed E-state index contributed by atoms with van der Waals surface area (Å²) in [5.41, 5.74) is 2.58. The fourth-order valence-corrected chi connectivity index (χ4v) is 1.81. The lowest BCUT2D eigenvalue weighted by atomic mass is 10.2. The normalized spacial score (nSPS) is 11.4. The van der Waals surface area contributed by atoms with Gasteiger partial charge in [0.25, 0.3) is 0 Å². The molecule has 0 spiro atoms. The molecule has 1 aromatic rings. The zero-order valence-corrected chi connectivity index (χ0v) is 12.6. The van der Waals surface area contributed by atoms with Gasteiger partial charge in [0.2, 0.25) is 0 Å². The summed E-state index contributed by atoms with van der Waals surface area (Å²) >= 11 is 3.35. The predicted octanol–water partition coefficient (Wildman–Crippen LogP) is 4.06. The molecule has 0 radical (unpaired) electrons. The highest BCUT2D eigenvalue weighted by atomic mass is 79.9. The molecule has 0 aliphatic heterocycles. The molecule has 3 nitrogen and oxygen atoms in total. The molecule has 0 aliphatic rings. The molecule has 0 amide bonds. The van der Waals surface area contributed by atoms with Gasteiger partial charge in [0, 0.05) is 17.1 Å². The van der Waals surface area contributed by atoms with Crippen molar-refractivity contribution in [2.45, 2.75) is 33.6 Å². The minimum Gasteiger partial charge on any atom is -0.462 e. The number of hydrogen-bond donors (Lipinski definition) is 0. The fourth-order valence-electron chi connectivity index (χ4n) is 1.46. The Balaban J connectivity index is 2.50. The Bertz CT molecular complexity index is 455. The molecule has 0 saturated heterocycles. The van der Waals surface area contributed by atoms with Crippen molar-refractivity contribution in [1.29, 1.82) is 0 Å². The lowest BCUT2D eigenvalue weighted by Gasteiger charge is -2.06. The summed E-state index contributed by atoms with van der Waals surface area (Å²) in [6.07, 6.45) is 5.46. The predicted molar refractivity (Wildman–Crippen MR) is 75.6 cm³/mol. The minimum absolute atomic E-state index is 0.326. The van der Waals surface area contributed by atoms with E-state index in [-0.39, 0.29) is 5.97 Å². The van der Waals surface area contributed by atoms with Gasteiger partial charge in [0.1, 0.15) is 0 Å². The number of hydrogen-bond acceptors (Lipinski definition) is 3. The Morgan fingerprint density at radius 1 is 1.56 bits per heavy atom. The zero-order chi connectivity index (χ0) is 13.5. The molecule has 0 aromatic carbocycles. The molecular formula is C14H18BrNO2. The highest BCUT2D eigenvalue weighted by Gasteiger charge is 2.09. The Labute approximate surface area is 116 Å². The molecule has 1 aromatic heterocycles. The van der Waals surface area contributed by atoms with Crippen LogP contribution in [0.1, 0.15) is 42.7 Å². The number of nitrogens with zero attached hydrogens (tertiary/aromatic N) is 1. The highest BCUT2D eigenvalue weighted by Crippen LogP contribution is 2.15. The number of halogens is 1. The van der Waals surface area contributed by atoms with Crippen LogP contribution in [0.3, 0.4) is 0 Å². The summed E-state index contributed by atoms with van der Waals surface area (Å²) in [5, 5.41) is 0. The van der Waals surface area contributed by atoms with Crippen molar-refractivity contribution in [3.05, 3.63) is 39.6 Å². The number of aryl methyl sites for hydroxylation is 1. The van der Waals surface area contributed by atoms with E-state index >= 15 is 0 Å².